The predicted octanol–water partition coefficient (Wildman–Crippen LogP) is 0.0250. The topological polar surface area (TPSA) is 71.3 Å². The quantitative estimate of drug-likeness (QED) is 0.761. The maximum Gasteiger partial charge on any atom is 0.295 e. The summed E-state index contributed by atoms with van der Waals surface area (Å²) in [5.74, 6) is 0.487. The van der Waals surface area contributed by atoms with Gasteiger partial charge in [-0.15, -0.1) is 0 Å². The van der Waals surface area contributed by atoms with Gasteiger partial charge in [0.2, 0.25) is 5.89 Å². The van der Waals surface area contributed by atoms with Crippen LogP contribution in [-0.2, 0) is 6.54 Å². The molecule has 1 aliphatic heterocycles. The molecule has 0 aromatic carbocycles. The second-order valence-electron chi connectivity index (χ2n) is 3.54. The number of nitrogens with one attached hydrogen (secondary N) is 1. The molecular formula is C9H14N4O2. The number of aromatic nitrogens is 2. The van der Waals surface area contributed by atoms with E-state index in [0.29, 0.717) is 12.4 Å². The molecule has 0 unspecified atom stereocenters. The first-order valence-corrected chi connectivity index (χ1v) is 5.07. The van der Waals surface area contributed by atoms with Crippen LogP contribution in [0.25, 0.3) is 0 Å². The molecule has 0 atom stereocenters. The van der Waals surface area contributed by atoms with Gasteiger partial charge in [0.15, 0.2) is 0 Å². The van der Waals surface area contributed by atoms with Crippen LogP contribution >= 0.6 is 0 Å². The maximum absolute atomic E-state index is 11.8. The molecule has 0 radical (unpaired) electrons. The average Bonchev–Trinajstić information content (AvgIpc) is 2.87. The monoisotopic (exact) mass is 210 g/mol. The zero-order valence-corrected chi connectivity index (χ0v) is 8.69. The van der Waals surface area contributed by atoms with Crippen molar-refractivity contribution in [1.29, 1.82) is 0 Å². The van der Waals surface area contributed by atoms with Crippen molar-refractivity contribution in [3.05, 3.63) is 11.7 Å². The summed E-state index contributed by atoms with van der Waals surface area (Å²) in [6.45, 7) is 2.09. The van der Waals surface area contributed by atoms with Crippen molar-refractivity contribution in [3.8, 4) is 0 Å². The first-order chi connectivity index (χ1) is 7.31. The molecule has 2 heterocycles. The highest BCUT2D eigenvalue weighted by atomic mass is 16.5. The maximum atomic E-state index is 11.8. The van der Waals surface area contributed by atoms with Gasteiger partial charge in [0.05, 0.1) is 6.54 Å². The van der Waals surface area contributed by atoms with Crippen molar-refractivity contribution in [1.82, 2.24) is 20.4 Å². The molecule has 1 fully saturated rings. The number of carbonyl (C=O) groups excluding carboxylic acids is 1. The van der Waals surface area contributed by atoms with Crippen LogP contribution in [0.4, 0.5) is 0 Å². The molecule has 0 aliphatic carbocycles. The van der Waals surface area contributed by atoms with Crippen LogP contribution in [-0.4, -0.2) is 41.1 Å². The Morgan fingerprint density at radius 3 is 2.93 bits per heavy atom. The van der Waals surface area contributed by atoms with E-state index in [9.17, 15) is 4.79 Å². The molecule has 1 aromatic rings. The Morgan fingerprint density at radius 2 is 2.27 bits per heavy atom. The molecule has 6 nitrogen and oxygen atoms in total. The third-order valence-corrected chi connectivity index (χ3v) is 2.38. The highest BCUT2D eigenvalue weighted by molar-refractivity contribution is 5.90. The van der Waals surface area contributed by atoms with Crippen LogP contribution in [0.1, 0.15) is 29.4 Å². The average molecular weight is 210 g/mol. The molecule has 1 aromatic heterocycles. The number of amides is 1. The fraction of sp³-hybridized carbons (Fsp3) is 0.667. The van der Waals surface area contributed by atoms with E-state index in [1.807, 2.05) is 0 Å². The Balaban J connectivity index is 2.04. The van der Waals surface area contributed by atoms with Gasteiger partial charge in [-0.1, -0.05) is 5.16 Å². The van der Waals surface area contributed by atoms with Crippen LogP contribution < -0.4 is 5.32 Å². The van der Waals surface area contributed by atoms with Crippen LogP contribution in [0.2, 0.25) is 0 Å². The summed E-state index contributed by atoms with van der Waals surface area (Å²) in [4.78, 5) is 17.6. The van der Waals surface area contributed by atoms with E-state index in [1.165, 1.54) is 0 Å². The Hall–Kier alpha value is -1.43. The van der Waals surface area contributed by atoms with Gasteiger partial charge in [-0.3, -0.25) is 4.79 Å². The first kappa shape index (κ1) is 10.1. The number of likely N-dealkylation sites (tertiary alicyclic amines) is 1. The molecule has 6 heteroatoms. The second kappa shape index (κ2) is 4.39. The summed E-state index contributed by atoms with van der Waals surface area (Å²) in [5, 5.41) is 6.55. The highest BCUT2D eigenvalue weighted by Gasteiger charge is 2.23. The zero-order chi connectivity index (χ0) is 10.7. The second-order valence-corrected chi connectivity index (χ2v) is 3.54. The smallest absolute Gasteiger partial charge is 0.295 e. The van der Waals surface area contributed by atoms with E-state index >= 15 is 0 Å². The van der Waals surface area contributed by atoms with Crippen molar-refractivity contribution in [3.63, 3.8) is 0 Å². The van der Waals surface area contributed by atoms with Crippen LogP contribution in [0.15, 0.2) is 4.52 Å². The van der Waals surface area contributed by atoms with Crippen LogP contribution in [0.3, 0.4) is 0 Å². The van der Waals surface area contributed by atoms with Gasteiger partial charge in [-0.25, -0.2) is 0 Å². The van der Waals surface area contributed by atoms with Gasteiger partial charge in [-0.05, 0) is 19.9 Å². The largest absolute Gasteiger partial charge is 0.337 e. The highest BCUT2D eigenvalue weighted by Crippen LogP contribution is 2.10. The van der Waals surface area contributed by atoms with Crippen molar-refractivity contribution >= 4 is 5.91 Å². The van der Waals surface area contributed by atoms with Crippen molar-refractivity contribution in [2.24, 2.45) is 0 Å². The van der Waals surface area contributed by atoms with Gasteiger partial charge >= 0.3 is 0 Å². The molecule has 0 saturated carbocycles. The van der Waals surface area contributed by atoms with Crippen molar-refractivity contribution in [2.45, 2.75) is 19.4 Å². The fourth-order valence-corrected chi connectivity index (χ4v) is 1.63. The number of nitrogens with zero attached hydrogens (tertiary/aromatic N) is 3. The molecular weight excluding hydrogens is 196 g/mol. The Kier molecular flexibility index (Phi) is 2.96. The third kappa shape index (κ3) is 2.15. The first-order valence-electron chi connectivity index (χ1n) is 5.07. The molecule has 1 saturated heterocycles. The Labute approximate surface area is 87.6 Å². The number of hydrogen-bond acceptors (Lipinski definition) is 5. The molecule has 0 spiro atoms. The molecule has 1 N–H and O–H groups in total. The van der Waals surface area contributed by atoms with Gasteiger partial charge in [-0.2, -0.15) is 4.98 Å². The minimum atomic E-state index is -0.126. The van der Waals surface area contributed by atoms with E-state index in [-0.39, 0.29) is 11.7 Å². The molecule has 15 heavy (non-hydrogen) atoms. The lowest BCUT2D eigenvalue weighted by molar-refractivity contribution is 0.0777. The fourth-order valence-electron chi connectivity index (χ4n) is 1.63. The lowest BCUT2D eigenvalue weighted by atomic mass is 10.4. The van der Waals surface area contributed by atoms with E-state index in [0.717, 1.165) is 25.9 Å². The van der Waals surface area contributed by atoms with Gasteiger partial charge in [0.25, 0.3) is 11.7 Å². The minimum absolute atomic E-state index is 0.126. The van der Waals surface area contributed by atoms with Crippen LogP contribution in [0.5, 0.6) is 0 Å². The number of carbonyl (C=O) groups is 1. The summed E-state index contributed by atoms with van der Waals surface area (Å²) < 4.78 is 4.91. The summed E-state index contributed by atoms with van der Waals surface area (Å²) in [6, 6.07) is 0. The standard InChI is InChI=1S/C9H14N4O2/c1-10-6-7-11-8(12-15-7)9(14)13-4-2-3-5-13/h10H,2-6H2,1H3. The molecule has 0 bridgehead atoms. The molecule has 1 amide bonds. The Morgan fingerprint density at radius 1 is 1.53 bits per heavy atom. The van der Waals surface area contributed by atoms with E-state index in [1.54, 1.807) is 11.9 Å². The SMILES string of the molecule is CNCc1nc(C(=O)N2CCCC2)no1. The van der Waals surface area contributed by atoms with Crippen molar-refractivity contribution in [2.75, 3.05) is 20.1 Å². The molecule has 2 rings (SSSR count). The van der Waals surface area contributed by atoms with Gasteiger partial charge in [0.1, 0.15) is 0 Å². The van der Waals surface area contributed by atoms with Crippen molar-refractivity contribution < 1.29 is 9.32 Å². The van der Waals surface area contributed by atoms with Crippen LogP contribution in [0, 0.1) is 0 Å². The normalized spacial score (nSPS) is 15.9. The van der Waals surface area contributed by atoms with E-state index < -0.39 is 0 Å². The summed E-state index contributed by atoms with van der Waals surface area (Å²) in [5.41, 5.74) is 0. The zero-order valence-electron chi connectivity index (χ0n) is 8.69. The lowest BCUT2D eigenvalue weighted by Crippen LogP contribution is -2.28. The summed E-state index contributed by atoms with van der Waals surface area (Å²) >= 11 is 0. The summed E-state index contributed by atoms with van der Waals surface area (Å²) in [7, 11) is 1.78. The minimum Gasteiger partial charge on any atom is -0.337 e. The predicted molar refractivity (Wildman–Crippen MR) is 52.2 cm³/mol. The third-order valence-electron chi connectivity index (χ3n) is 2.38. The van der Waals surface area contributed by atoms with E-state index in [2.05, 4.69) is 15.5 Å². The number of rotatable bonds is 3. The molecule has 82 valence electrons. The lowest BCUT2D eigenvalue weighted by Gasteiger charge is -2.11. The number of hydrogen-bond donors (Lipinski definition) is 1. The van der Waals surface area contributed by atoms with Gasteiger partial charge in [0, 0.05) is 13.1 Å². The summed E-state index contributed by atoms with van der Waals surface area (Å²) in [6.07, 6.45) is 2.12. The van der Waals surface area contributed by atoms with Gasteiger partial charge < -0.3 is 14.7 Å². The van der Waals surface area contributed by atoms with E-state index in [4.69, 9.17) is 4.52 Å². The molecule has 1 aliphatic rings. The Bertz CT molecular complexity index is 344.